The lowest BCUT2D eigenvalue weighted by Crippen LogP contribution is -2.40. The van der Waals surface area contributed by atoms with E-state index in [4.69, 9.17) is 0 Å². The van der Waals surface area contributed by atoms with Gasteiger partial charge in [0.15, 0.2) is 5.69 Å². The standard InChI is InChI=1S/C23H23N3O2/c1-25-22(27)19-11-5-4-10-18(19)21(24-25)23(28)26(16-13-14-16)20-12-6-8-15-7-2-3-9-17(15)20/h2-5,7,9-11,16,20H,6,8,12-14H2,1H3. The van der Waals surface area contributed by atoms with E-state index in [2.05, 4.69) is 34.3 Å². The summed E-state index contributed by atoms with van der Waals surface area (Å²) in [5.41, 5.74) is 2.82. The molecular weight excluding hydrogens is 350 g/mol. The van der Waals surface area contributed by atoms with Crippen LogP contribution in [0.5, 0.6) is 0 Å². The molecule has 1 atom stereocenters. The summed E-state index contributed by atoms with van der Waals surface area (Å²) >= 11 is 0. The largest absolute Gasteiger partial charge is 0.327 e. The highest BCUT2D eigenvalue weighted by atomic mass is 16.2. The fourth-order valence-corrected chi connectivity index (χ4v) is 4.51. The number of carbonyl (C=O) groups excluding carboxylic acids is 1. The van der Waals surface area contributed by atoms with E-state index in [9.17, 15) is 9.59 Å². The highest BCUT2D eigenvalue weighted by Gasteiger charge is 2.40. The van der Waals surface area contributed by atoms with E-state index in [1.807, 2.05) is 18.2 Å². The van der Waals surface area contributed by atoms with Gasteiger partial charge in [-0.05, 0) is 49.3 Å². The minimum atomic E-state index is -0.173. The van der Waals surface area contributed by atoms with Crippen molar-refractivity contribution in [3.05, 3.63) is 75.7 Å². The molecule has 142 valence electrons. The van der Waals surface area contributed by atoms with Crippen LogP contribution in [0.2, 0.25) is 0 Å². The van der Waals surface area contributed by atoms with Crippen molar-refractivity contribution >= 4 is 16.7 Å². The van der Waals surface area contributed by atoms with Crippen LogP contribution in [-0.2, 0) is 13.5 Å². The van der Waals surface area contributed by atoms with Gasteiger partial charge >= 0.3 is 0 Å². The smallest absolute Gasteiger partial charge is 0.275 e. The Labute approximate surface area is 163 Å². The molecule has 2 aliphatic carbocycles. The minimum Gasteiger partial charge on any atom is -0.327 e. The number of amides is 1. The molecular formula is C23H23N3O2. The average Bonchev–Trinajstić information content (AvgIpc) is 3.56. The molecule has 0 saturated heterocycles. The number of carbonyl (C=O) groups is 1. The summed E-state index contributed by atoms with van der Waals surface area (Å²) in [5.74, 6) is -0.0593. The first-order valence-electron chi connectivity index (χ1n) is 10.0. The molecule has 0 aliphatic heterocycles. The zero-order valence-corrected chi connectivity index (χ0v) is 16.0. The van der Waals surface area contributed by atoms with E-state index in [0.717, 1.165) is 32.1 Å². The Morgan fingerprint density at radius 3 is 2.54 bits per heavy atom. The summed E-state index contributed by atoms with van der Waals surface area (Å²) < 4.78 is 1.29. The van der Waals surface area contributed by atoms with Gasteiger partial charge in [0.2, 0.25) is 0 Å². The van der Waals surface area contributed by atoms with Gasteiger partial charge in [-0.1, -0.05) is 42.5 Å². The molecule has 0 spiro atoms. The molecule has 1 amide bonds. The van der Waals surface area contributed by atoms with Crippen LogP contribution >= 0.6 is 0 Å². The van der Waals surface area contributed by atoms with Crippen LogP contribution in [0.3, 0.4) is 0 Å². The van der Waals surface area contributed by atoms with Crippen molar-refractivity contribution in [2.24, 2.45) is 7.05 Å². The molecule has 0 N–H and O–H groups in total. The van der Waals surface area contributed by atoms with Crippen molar-refractivity contribution in [3.63, 3.8) is 0 Å². The summed E-state index contributed by atoms with van der Waals surface area (Å²) in [5, 5.41) is 5.58. The molecule has 3 aromatic rings. The van der Waals surface area contributed by atoms with Crippen LogP contribution < -0.4 is 5.56 Å². The molecule has 2 aromatic carbocycles. The maximum Gasteiger partial charge on any atom is 0.275 e. The van der Waals surface area contributed by atoms with E-state index >= 15 is 0 Å². The molecule has 5 rings (SSSR count). The molecule has 1 fully saturated rings. The van der Waals surface area contributed by atoms with Gasteiger partial charge in [0.1, 0.15) is 0 Å². The second-order valence-electron chi connectivity index (χ2n) is 7.87. The maximum absolute atomic E-state index is 13.8. The first-order chi connectivity index (χ1) is 13.6. The SMILES string of the molecule is Cn1nc(C(=O)N(C2CC2)C2CCCc3ccccc32)c2ccccc2c1=O. The van der Waals surface area contributed by atoms with Crippen molar-refractivity contribution < 1.29 is 4.79 Å². The zero-order valence-electron chi connectivity index (χ0n) is 16.0. The Hall–Kier alpha value is -2.95. The number of benzene rings is 2. The molecule has 5 heteroatoms. The average molecular weight is 373 g/mol. The van der Waals surface area contributed by atoms with Crippen molar-refractivity contribution in [2.75, 3.05) is 0 Å². The summed E-state index contributed by atoms with van der Waals surface area (Å²) in [6.45, 7) is 0. The van der Waals surface area contributed by atoms with E-state index in [1.54, 1.807) is 13.1 Å². The van der Waals surface area contributed by atoms with Gasteiger partial charge in [-0.3, -0.25) is 9.59 Å². The number of hydrogen-bond acceptors (Lipinski definition) is 3. The number of rotatable bonds is 3. The second kappa shape index (κ2) is 6.59. The maximum atomic E-state index is 13.8. The number of aromatic nitrogens is 2. The van der Waals surface area contributed by atoms with Gasteiger partial charge in [-0.15, -0.1) is 0 Å². The third-order valence-electron chi connectivity index (χ3n) is 6.01. The van der Waals surface area contributed by atoms with Crippen LogP contribution in [-0.4, -0.2) is 26.6 Å². The fraction of sp³-hybridized carbons (Fsp3) is 0.348. The van der Waals surface area contributed by atoms with E-state index < -0.39 is 0 Å². The van der Waals surface area contributed by atoms with Gasteiger partial charge in [0, 0.05) is 18.5 Å². The van der Waals surface area contributed by atoms with Crippen molar-refractivity contribution in [2.45, 2.75) is 44.2 Å². The third kappa shape index (κ3) is 2.73. The second-order valence-corrected chi connectivity index (χ2v) is 7.87. The monoisotopic (exact) mass is 373 g/mol. The minimum absolute atomic E-state index is 0.0593. The molecule has 1 saturated carbocycles. The van der Waals surface area contributed by atoms with Gasteiger partial charge in [-0.2, -0.15) is 5.10 Å². The first-order valence-corrected chi connectivity index (χ1v) is 10.0. The molecule has 5 nitrogen and oxygen atoms in total. The normalized spacial score (nSPS) is 18.7. The third-order valence-corrected chi connectivity index (χ3v) is 6.01. The van der Waals surface area contributed by atoms with Crippen LogP contribution in [0.25, 0.3) is 10.8 Å². The molecule has 0 bridgehead atoms. The van der Waals surface area contributed by atoms with Crippen LogP contribution in [0.1, 0.15) is 53.3 Å². The predicted molar refractivity (Wildman–Crippen MR) is 108 cm³/mol. The summed E-state index contributed by atoms with van der Waals surface area (Å²) in [6, 6.07) is 16.1. The molecule has 1 heterocycles. The van der Waals surface area contributed by atoms with E-state index in [-0.39, 0.29) is 23.6 Å². The quantitative estimate of drug-likeness (QED) is 0.705. The van der Waals surface area contributed by atoms with Crippen LogP contribution in [0.15, 0.2) is 53.3 Å². The highest BCUT2D eigenvalue weighted by molar-refractivity contribution is 6.05. The Morgan fingerprint density at radius 2 is 1.75 bits per heavy atom. The van der Waals surface area contributed by atoms with E-state index in [1.165, 1.54) is 15.8 Å². The van der Waals surface area contributed by atoms with E-state index in [0.29, 0.717) is 16.5 Å². The van der Waals surface area contributed by atoms with Gasteiger partial charge < -0.3 is 4.90 Å². The molecule has 2 aliphatic rings. The van der Waals surface area contributed by atoms with Crippen molar-refractivity contribution in [3.8, 4) is 0 Å². The molecule has 1 aromatic heterocycles. The topological polar surface area (TPSA) is 55.2 Å². The van der Waals surface area contributed by atoms with Crippen molar-refractivity contribution in [1.29, 1.82) is 0 Å². The number of hydrogen-bond donors (Lipinski definition) is 0. The fourth-order valence-electron chi connectivity index (χ4n) is 4.51. The number of fused-ring (bicyclic) bond motifs is 2. The van der Waals surface area contributed by atoms with Crippen molar-refractivity contribution in [1.82, 2.24) is 14.7 Å². The zero-order chi connectivity index (χ0) is 19.3. The molecule has 0 radical (unpaired) electrons. The van der Waals surface area contributed by atoms with Crippen LogP contribution in [0.4, 0.5) is 0 Å². The predicted octanol–water partition coefficient (Wildman–Crippen LogP) is 3.62. The van der Waals surface area contributed by atoms with Gasteiger partial charge in [-0.25, -0.2) is 4.68 Å². The summed E-state index contributed by atoms with van der Waals surface area (Å²) in [4.78, 5) is 28.3. The molecule has 28 heavy (non-hydrogen) atoms. The number of aryl methyl sites for hydroxylation is 2. The summed E-state index contributed by atoms with van der Waals surface area (Å²) in [7, 11) is 1.61. The summed E-state index contributed by atoms with van der Waals surface area (Å²) in [6.07, 6.45) is 5.20. The first kappa shape index (κ1) is 17.2. The van der Waals surface area contributed by atoms with Gasteiger partial charge in [0.05, 0.1) is 11.4 Å². The number of nitrogens with zero attached hydrogens (tertiary/aromatic N) is 3. The lowest BCUT2D eigenvalue weighted by Gasteiger charge is -2.36. The Bertz CT molecular complexity index is 1130. The molecule has 1 unspecified atom stereocenters. The van der Waals surface area contributed by atoms with Crippen LogP contribution in [0, 0.1) is 0 Å². The Kier molecular flexibility index (Phi) is 4.04. The Morgan fingerprint density at radius 1 is 1.04 bits per heavy atom. The lowest BCUT2D eigenvalue weighted by molar-refractivity contribution is 0.0631. The Balaban J connectivity index is 1.64. The lowest BCUT2D eigenvalue weighted by atomic mass is 9.86. The van der Waals surface area contributed by atoms with Gasteiger partial charge in [0.25, 0.3) is 11.5 Å². The highest BCUT2D eigenvalue weighted by Crippen LogP contribution is 2.41.